The fraction of sp³-hybridized carbons (Fsp3) is 0.217. The van der Waals surface area contributed by atoms with Gasteiger partial charge in [-0.25, -0.2) is 22.0 Å². The standard InChI is InChI=1S/C23H13F7O3/c24-14-4-10(20-12(18-8-31-18)2-1-3-13(20)19-9-32-19)5-15(25)21(14)23(29,30)33-11-6-16(26)22(28)17(27)7-11/h1-7,18-19H,8-9H2. The highest BCUT2D eigenvalue weighted by Crippen LogP contribution is 2.46. The number of rotatable bonds is 6. The molecule has 0 aromatic heterocycles. The highest BCUT2D eigenvalue weighted by Gasteiger charge is 2.42. The topological polar surface area (TPSA) is 34.3 Å². The molecule has 0 spiro atoms. The first-order valence-corrected chi connectivity index (χ1v) is 9.73. The average Bonchev–Trinajstić information content (AvgIpc) is 3.63. The summed E-state index contributed by atoms with van der Waals surface area (Å²) in [6.07, 6.45) is -5.25. The van der Waals surface area contributed by atoms with E-state index in [1.165, 1.54) is 0 Å². The van der Waals surface area contributed by atoms with Crippen molar-refractivity contribution >= 4 is 0 Å². The fourth-order valence-corrected chi connectivity index (χ4v) is 3.70. The summed E-state index contributed by atoms with van der Waals surface area (Å²) in [5, 5.41) is 0. The predicted molar refractivity (Wildman–Crippen MR) is 100 cm³/mol. The van der Waals surface area contributed by atoms with Gasteiger partial charge in [0.2, 0.25) is 0 Å². The largest absolute Gasteiger partial charge is 0.432 e. The van der Waals surface area contributed by atoms with Gasteiger partial charge in [0.1, 0.15) is 35.2 Å². The maximum Gasteiger partial charge on any atom is 0.432 e. The molecule has 5 rings (SSSR count). The van der Waals surface area contributed by atoms with Gasteiger partial charge in [-0.2, -0.15) is 8.78 Å². The summed E-state index contributed by atoms with van der Waals surface area (Å²) in [5.74, 6) is -9.94. The molecule has 172 valence electrons. The van der Waals surface area contributed by atoms with Crippen LogP contribution in [0.5, 0.6) is 5.75 Å². The monoisotopic (exact) mass is 470 g/mol. The third kappa shape index (κ3) is 4.04. The van der Waals surface area contributed by atoms with Gasteiger partial charge in [0.25, 0.3) is 0 Å². The second-order valence-corrected chi connectivity index (χ2v) is 7.59. The highest BCUT2D eigenvalue weighted by atomic mass is 19.3. The molecule has 2 heterocycles. The molecular weight excluding hydrogens is 457 g/mol. The summed E-state index contributed by atoms with van der Waals surface area (Å²) in [4.78, 5) is 0. The van der Waals surface area contributed by atoms with E-state index in [-0.39, 0.29) is 29.9 Å². The number of hydrogen-bond donors (Lipinski definition) is 0. The van der Waals surface area contributed by atoms with Crippen molar-refractivity contribution in [3.05, 3.63) is 88.2 Å². The Hall–Kier alpha value is -3.11. The quantitative estimate of drug-likeness (QED) is 0.240. The Bertz CT molecular complexity index is 1180. The van der Waals surface area contributed by atoms with Crippen molar-refractivity contribution < 1.29 is 44.9 Å². The lowest BCUT2D eigenvalue weighted by Gasteiger charge is -2.21. The van der Waals surface area contributed by atoms with E-state index < -0.39 is 46.5 Å². The summed E-state index contributed by atoms with van der Waals surface area (Å²) in [5.41, 5.74) is -0.0933. The van der Waals surface area contributed by atoms with Gasteiger partial charge in [-0.15, -0.1) is 0 Å². The maximum absolute atomic E-state index is 14.8. The molecule has 2 aliphatic rings. The lowest BCUT2D eigenvalue weighted by Crippen LogP contribution is -2.25. The van der Waals surface area contributed by atoms with Crippen LogP contribution in [0.15, 0.2) is 42.5 Å². The molecule has 10 heteroatoms. The molecule has 0 bridgehead atoms. The van der Waals surface area contributed by atoms with Gasteiger partial charge < -0.3 is 14.2 Å². The van der Waals surface area contributed by atoms with Crippen LogP contribution in [0.25, 0.3) is 11.1 Å². The lowest BCUT2D eigenvalue weighted by atomic mass is 9.90. The SMILES string of the molecule is Fc1cc(OC(F)(F)c2c(F)cc(-c3c(C4CO4)cccc3C3CO3)cc2F)cc(F)c1F. The minimum atomic E-state index is -4.66. The number of hydrogen-bond acceptors (Lipinski definition) is 3. The molecule has 33 heavy (non-hydrogen) atoms. The van der Waals surface area contributed by atoms with Crippen LogP contribution >= 0.6 is 0 Å². The predicted octanol–water partition coefficient (Wildman–Crippen LogP) is 6.32. The van der Waals surface area contributed by atoms with Crippen molar-refractivity contribution in [3.63, 3.8) is 0 Å². The average molecular weight is 470 g/mol. The molecule has 0 saturated carbocycles. The first-order chi connectivity index (χ1) is 15.7. The Kier molecular flexibility index (Phi) is 5.09. The van der Waals surface area contributed by atoms with Crippen molar-refractivity contribution in [3.8, 4) is 16.9 Å². The van der Waals surface area contributed by atoms with E-state index in [2.05, 4.69) is 4.74 Å². The molecular formula is C23H13F7O3. The van der Waals surface area contributed by atoms with Gasteiger partial charge >= 0.3 is 6.11 Å². The first-order valence-electron chi connectivity index (χ1n) is 9.73. The van der Waals surface area contributed by atoms with E-state index in [9.17, 15) is 30.7 Å². The molecule has 3 aromatic rings. The second-order valence-electron chi connectivity index (χ2n) is 7.59. The van der Waals surface area contributed by atoms with E-state index in [0.29, 0.717) is 42.0 Å². The van der Waals surface area contributed by atoms with Crippen molar-refractivity contribution in [1.82, 2.24) is 0 Å². The zero-order valence-electron chi connectivity index (χ0n) is 16.5. The van der Waals surface area contributed by atoms with Gasteiger partial charge in [-0.1, -0.05) is 18.2 Å². The molecule has 0 aliphatic carbocycles. The second kappa shape index (κ2) is 7.74. The first kappa shape index (κ1) is 21.7. The smallest absolute Gasteiger partial charge is 0.429 e. The fourth-order valence-electron chi connectivity index (χ4n) is 3.70. The highest BCUT2D eigenvalue weighted by molar-refractivity contribution is 5.73. The molecule has 2 atom stereocenters. The molecule has 2 fully saturated rings. The number of alkyl halides is 2. The van der Waals surface area contributed by atoms with Crippen molar-refractivity contribution in [2.24, 2.45) is 0 Å². The maximum atomic E-state index is 14.8. The zero-order chi connectivity index (χ0) is 23.5. The zero-order valence-corrected chi connectivity index (χ0v) is 16.5. The third-order valence-corrected chi connectivity index (χ3v) is 5.31. The molecule has 2 aliphatic heterocycles. The molecule has 3 nitrogen and oxygen atoms in total. The molecule has 0 N–H and O–H groups in total. The number of epoxide rings is 2. The summed E-state index contributed by atoms with van der Waals surface area (Å²) in [6.45, 7) is 0.809. The Morgan fingerprint density at radius 2 is 1.24 bits per heavy atom. The van der Waals surface area contributed by atoms with Crippen LogP contribution in [0.3, 0.4) is 0 Å². The molecule has 2 unspecified atom stereocenters. The van der Waals surface area contributed by atoms with Gasteiger partial charge in [-0.05, 0) is 34.4 Å². The van der Waals surface area contributed by atoms with Crippen LogP contribution in [0.2, 0.25) is 0 Å². The summed E-state index contributed by atoms with van der Waals surface area (Å²) in [6, 6.07) is 6.87. The van der Waals surface area contributed by atoms with Crippen molar-refractivity contribution in [1.29, 1.82) is 0 Å². The summed E-state index contributed by atoms with van der Waals surface area (Å²) >= 11 is 0. The van der Waals surface area contributed by atoms with E-state index >= 15 is 0 Å². The summed E-state index contributed by atoms with van der Waals surface area (Å²) in [7, 11) is 0. The lowest BCUT2D eigenvalue weighted by molar-refractivity contribution is -0.189. The molecule has 0 amide bonds. The van der Waals surface area contributed by atoms with Gasteiger partial charge in [0.15, 0.2) is 17.5 Å². The Labute approximate surface area is 182 Å². The van der Waals surface area contributed by atoms with Crippen LogP contribution in [0.1, 0.15) is 28.9 Å². The van der Waals surface area contributed by atoms with Gasteiger partial charge in [-0.3, -0.25) is 0 Å². The van der Waals surface area contributed by atoms with Gasteiger partial charge in [0, 0.05) is 12.1 Å². The van der Waals surface area contributed by atoms with Crippen molar-refractivity contribution in [2.75, 3.05) is 13.2 Å². The molecule has 0 radical (unpaired) electrons. The van der Waals surface area contributed by atoms with Crippen LogP contribution in [-0.2, 0) is 15.6 Å². The van der Waals surface area contributed by atoms with Crippen LogP contribution in [-0.4, -0.2) is 13.2 Å². The minimum Gasteiger partial charge on any atom is -0.429 e. The normalized spacial score (nSPS) is 19.5. The van der Waals surface area contributed by atoms with E-state index in [4.69, 9.17) is 9.47 Å². The molecule has 2 saturated heterocycles. The third-order valence-electron chi connectivity index (χ3n) is 5.31. The van der Waals surface area contributed by atoms with Crippen LogP contribution < -0.4 is 4.74 Å². The van der Waals surface area contributed by atoms with E-state index in [1.54, 1.807) is 18.2 Å². The Morgan fingerprint density at radius 1 is 0.758 bits per heavy atom. The number of ether oxygens (including phenoxy) is 3. The Morgan fingerprint density at radius 3 is 1.70 bits per heavy atom. The van der Waals surface area contributed by atoms with Crippen LogP contribution in [0, 0.1) is 29.1 Å². The Balaban J connectivity index is 1.55. The van der Waals surface area contributed by atoms with Crippen LogP contribution in [0.4, 0.5) is 30.7 Å². The number of halogens is 7. The van der Waals surface area contributed by atoms with Gasteiger partial charge in [0.05, 0.1) is 13.2 Å². The summed E-state index contributed by atoms with van der Waals surface area (Å²) < 4.78 is 113. The van der Waals surface area contributed by atoms with E-state index in [0.717, 1.165) is 0 Å². The van der Waals surface area contributed by atoms with Crippen molar-refractivity contribution in [2.45, 2.75) is 18.3 Å². The molecule has 3 aromatic carbocycles. The van der Waals surface area contributed by atoms with E-state index in [1.807, 2.05) is 0 Å². The number of benzene rings is 3. The minimum absolute atomic E-state index is 0.0139.